The van der Waals surface area contributed by atoms with Crippen LogP contribution >= 0.6 is 0 Å². The first-order valence-corrected chi connectivity index (χ1v) is 8.93. The topological polar surface area (TPSA) is 15.3 Å². The second kappa shape index (κ2) is 5.73. The van der Waals surface area contributed by atoms with Crippen molar-refractivity contribution in [3.05, 3.63) is 35.4 Å². The number of likely N-dealkylation sites (N-methyl/N-ethyl adjacent to an activating group) is 1. The Balaban J connectivity index is 1.60. The van der Waals surface area contributed by atoms with Crippen molar-refractivity contribution in [2.24, 2.45) is 5.92 Å². The number of benzene rings is 1. The molecule has 114 valence electrons. The summed E-state index contributed by atoms with van der Waals surface area (Å²) in [7, 11) is 0. The molecular weight excluding hydrogens is 256 g/mol. The molecule has 2 fully saturated rings. The number of nitrogens with zero attached hydrogens (tertiary/aromatic N) is 1. The summed E-state index contributed by atoms with van der Waals surface area (Å²) >= 11 is 0. The third-order valence-electron chi connectivity index (χ3n) is 5.52. The zero-order valence-corrected chi connectivity index (χ0v) is 13.2. The van der Waals surface area contributed by atoms with Gasteiger partial charge in [0.1, 0.15) is 0 Å². The van der Waals surface area contributed by atoms with E-state index >= 15 is 0 Å². The molecular formula is C19H28N2. The average Bonchev–Trinajstić information content (AvgIpc) is 3.38. The van der Waals surface area contributed by atoms with Gasteiger partial charge in [0.2, 0.25) is 0 Å². The number of fused-ring (bicyclic) bond motifs is 1. The fraction of sp³-hybridized carbons (Fsp3) is 0.684. The first kappa shape index (κ1) is 13.8. The molecule has 2 saturated carbocycles. The van der Waals surface area contributed by atoms with E-state index in [2.05, 4.69) is 41.4 Å². The Morgan fingerprint density at radius 3 is 2.62 bits per heavy atom. The largest absolute Gasteiger partial charge is 0.309 e. The second-order valence-electron chi connectivity index (χ2n) is 7.21. The summed E-state index contributed by atoms with van der Waals surface area (Å²) in [4.78, 5) is 2.89. The van der Waals surface area contributed by atoms with Crippen molar-refractivity contribution in [2.45, 2.75) is 63.6 Å². The van der Waals surface area contributed by atoms with Gasteiger partial charge in [-0.1, -0.05) is 31.2 Å². The van der Waals surface area contributed by atoms with E-state index in [4.69, 9.17) is 0 Å². The summed E-state index contributed by atoms with van der Waals surface area (Å²) < 4.78 is 0. The van der Waals surface area contributed by atoms with E-state index in [1.807, 2.05) is 0 Å². The minimum Gasteiger partial charge on any atom is -0.309 e. The van der Waals surface area contributed by atoms with Gasteiger partial charge in [-0.25, -0.2) is 0 Å². The molecule has 2 nitrogen and oxygen atoms in total. The summed E-state index contributed by atoms with van der Waals surface area (Å²) in [6.07, 6.45) is 8.40. The van der Waals surface area contributed by atoms with Crippen molar-refractivity contribution in [1.29, 1.82) is 0 Å². The zero-order chi connectivity index (χ0) is 14.2. The minimum atomic E-state index is 0.541. The molecule has 1 aromatic carbocycles. The highest BCUT2D eigenvalue weighted by atomic mass is 15.2. The van der Waals surface area contributed by atoms with Crippen molar-refractivity contribution in [2.75, 3.05) is 13.1 Å². The molecule has 0 aliphatic heterocycles. The number of hydrogen-bond donors (Lipinski definition) is 1. The van der Waals surface area contributed by atoms with Crippen LogP contribution in [0, 0.1) is 5.92 Å². The summed E-state index contributed by atoms with van der Waals surface area (Å²) in [6, 6.07) is 11.3. The van der Waals surface area contributed by atoms with Crippen LogP contribution in [0.4, 0.5) is 0 Å². The minimum absolute atomic E-state index is 0.541. The van der Waals surface area contributed by atoms with Crippen molar-refractivity contribution >= 4 is 0 Å². The Labute approximate surface area is 128 Å². The number of nitrogens with one attached hydrogen (secondary N) is 1. The second-order valence-corrected chi connectivity index (χ2v) is 7.21. The molecule has 1 N–H and O–H groups in total. The molecule has 3 aliphatic rings. The smallest absolute Gasteiger partial charge is 0.0481 e. The molecule has 4 rings (SSSR count). The van der Waals surface area contributed by atoms with Crippen molar-refractivity contribution in [1.82, 2.24) is 10.2 Å². The number of hydrogen-bond acceptors (Lipinski definition) is 2. The third-order valence-corrected chi connectivity index (χ3v) is 5.52. The van der Waals surface area contributed by atoms with Gasteiger partial charge < -0.3 is 5.32 Å². The molecule has 0 heterocycles. The lowest BCUT2D eigenvalue weighted by Gasteiger charge is -2.42. The normalized spacial score (nSPS) is 28.7. The molecule has 0 spiro atoms. The lowest BCUT2D eigenvalue weighted by Crippen LogP contribution is -2.49. The molecule has 0 aromatic heterocycles. The Morgan fingerprint density at radius 2 is 1.90 bits per heavy atom. The van der Waals surface area contributed by atoms with E-state index in [0.717, 1.165) is 18.5 Å². The Hall–Kier alpha value is -0.860. The van der Waals surface area contributed by atoms with E-state index in [0.29, 0.717) is 12.1 Å². The van der Waals surface area contributed by atoms with Crippen LogP contribution in [0.1, 0.15) is 56.2 Å². The standard InChI is InChI=1S/C19H28N2/c1-2-20-19-17-6-4-3-5-15(17)9-12-18(19)21(16-10-11-16)13-14-7-8-14/h3-6,14,16,18-20H,2,7-13H2,1H3. The van der Waals surface area contributed by atoms with Gasteiger partial charge in [-0.15, -0.1) is 0 Å². The molecule has 1 aromatic rings. The van der Waals surface area contributed by atoms with Crippen molar-refractivity contribution in [3.63, 3.8) is 0 Å². The van der Waals surface area contributed by atoms with Crippen LogP contribution in [0.15, 0.2) is 24.3 Å². The first-order valence-electron chi connectivity index (χ1n) is 8.93. The highest BCUT2D eigenvalue weighted by molar-refractivity contribution is 5.34. The fourth-order valence-electron chi connectivity index (χ4n) is 4.13. The van der Waals surface area contributed by atoms with Crippen molar-refractivity contribution in [3.8, 4) is 0 Å². The predicted octanol–water partition coefficient (Wildman–Crippen LogP) is 3.53. The van der Waals surface area contributed by atoms with Crippen LogP contribution in [0.2, 0.25) is 0 Å². The van der Waals surface area contributed by atoms with Crippen LogP contribution in [0.3, 0.4) is 0 Å². The lowest BCUT2D eigenvalue weighted by atomic mass is 9.83. The molecule has 2 heteroatoms. The van der Waals surface area contributed by atoms with E-state index < -0.39 is 0 Å². The lowest BCUT2D eigenvalue weighted by molar-refractivity contribution is 0.126. The Kier molecular flexibility index (Phi) is 3.76. The van der Waals surface area contributed by atoms with Gasteiger partial charge in [0.25, 0.3) is 0 Å². The van der Waals surface area contributed by atoms with Gasteiger partial charge in [-0.2, -0.15) is 0 Å². The number of aryl methyl sites for hydroxylation is 1. The summed E-state index contributed by atoms with van der Waals surface area (Å²) in [6.45, 7) is 4.67. The van der Waals surface area contributed by atoms with Gasteiger partial charge in [0.15, 0.2) is 0 Å². The highest BCUT2D eigenvalue weighted by Gasteiger charge is 2.41. The predicted molar refractivity (Wildman–Crippen MR) is 87.4 cm³/mol. The maximum atomic E-state index is 3.81. The molecule has 0 radical (unpaired) electrons. The van der Waals surface area contributed by atoms with E-state index in [1.165, 1.54) is 45.1 Å². The summed E-state index contributed by atoms with van der Waals surface area (Å²) in [5.41, 5.74) is 3.14. The van der Waals surface area contributed by atoms with Gasteiger partial charge in [-0.3, -0.25) is 4.90 Å². The van der Waals surface area contributed by atoms with Crippen LogP contribution < -0.4 is 5.32 Å². The summed E-state index contributed by atoms with van der Waals surface area (Å²) in [5, 5.41) is 3.81. The molecule has 21 heavy (non-hydrogen) atoms. The maximum absolute atomic E-state index is 3.81. The van der Waals surface area contributed by atoms with E-state index in [-0.39, 0.29) is 0 Å². The molecule has 0 bridgehead atoms. The van der Waals surface area contributed by atoms with Crippen LogP contribution in [-0.4, -0.2) is 30.1 Å². The molecule has 0 amide bonds. The van der Waals surface area contributed by atoms with Crippen LogP contribution in [0.5, 0.6) is 0 Å². The van der Waals surface area contributed by atoms with Gasteiger partial charge in [0.05, 0.1) is 0 Å². The van der Waals surface area contributed by atoms with Crippen LogP contribution in [-0.2, 0) is 6.42 Å². The SMILES string of the molecule is CCNC1c2ccccc2CCC1N(CC1CC1)C1CC1. The van der Waals surface area contributed by atoms with Gasteiger partial charge in [-0.05, 0) is 62.1 Å². The van der Waals surface area contributed by atoms with Crippen molar-refractivity contribution < 1.29 is 0 Å². The zero-order valence-electron chi connectivity index (χ0n) is 13.2. The van der Waals surface area contributed by atoms with E-state index in [1.54, 1.807) is 11.1 Å². The van der Waals surface area contributed by atoms with Gasteiger partial charge in [0, 0.05) is 24.7 Å². The Morgan fingerprint density at radius 1 is 1.10 bits per heavy atom. The average molecular weight is 284 g/mol. The maximum Gasteiger partial charge on any atom is 0.0481 e. The number of rotatable bonds is 6. The Bertz CT molecular complexity index is 490. The fourth-order valence-corrected chi connectivity index (χ4v) is 4.13. The molecule has 3 aliphatic carbocycles. The van der Waals surface area contributed by atoms with Crippen LogP contribution in [0.25, 0.3) is 0 Å². The third kappa shape index (κ3) is 2.89. The quantitative estimate of drug-likeness (QED) is 0.860. The highest BCUT2D eigenvalue weighted by Crippen LogP contribution is 2.41. The molecule has 0 saturated heterocycles. The first-order chi connectivity index (χ1) is 10.4. The van der Waals surface area contributed by atoms with Gasteiger partial charge >= 0.3 is 0 Å². The van der Waals surface area contributed by atoms with E-state index in [9.17, 15) is 0 Å². The molecule has 2 unspecified atom stereocenters. The monoisotopic (exact) mass is 284 g/mol. The summed E-state index contributed by atoms with van der Waals surface area (Å²) in [5.74, 6) is 1.00. The molecule has 2 atom stereocenters.